The van der Waals surface area contributed by atoms with Crippen molar-refractivity contribution in [2.24, 2.45) is 5.73 Å². The van der Waals surface area contributed by atoms with Crippen LogP contribution in [0.1, 0.15) is 35.1 Å². The number of amides is 1. The molecule has 1 amide bonds. The van der Waals surface area contributed by atoms with Crippen LogP contribution in [0.4, 0.5) is 4.39 Å². The molecule has 8 nitrogen and oxygen atoms in total. The van der Waals surface area contributed by atoms with Gasteiger partial charge in [0.05, 0.1) is 22.7 Å². The number of hydrogen-bond donors (Lipinski definition) is 2. The lowest BCUT2D eigenvalue weighted by Crippen LogP contribution is -2.53. The second-order valence-corrected chi connectivity index (χ2v) is 13.7. The van der Waals surface area contributed by atoms with E-state index in [0.29, 0.717) is 57.9 Å². The maximum Gasteiger partial charge on any atom is 0.341 e. The average Bonchev–Trinajstić information content (AvgIpc) is 3.17. The third-order valence-electron chi connectivity index (χ3n) is 8.04. The molecule has 0 radical (unpaired) electrons. The third-order valence-corrected chi connectivity index (χ3v) is 9.46. The van der Waals surface area contributed by atoms with Gasteiger partial charge in [0.15, 0.2) is 15.4 Å². The van der Waals surface area contributed by atoms with E-state index in [-0.39, 0.29) is 41.8 Å². The van der Waals surface area contributed by atoms with Crippen molar-refractivity contribution in [3.8, 4) is 11.1 Å². The molecule has 2 aliphatic heterocycles. The first-order chi connectivity index (χ1) is 20.3. The van der Waals surface area contributed by atoms with Gasteiger partial charge in [-0.1, -0.05) is 35.9 Å². The van der Waals surface area contributed by atoms with Gasteiger partial charge < -0.3 is 15.8 Å². The summed E-state index contributed by atoms with van der Waals surface area (Å²) in [5.74, 6) is -1.11. The summed E-state index contributed by atoms with van der Waals surface area (Å²) < 4.78 is 43.9. The van der Waals surface area contributed by atoms with E-state index in [4.69, 9.17) is 22.1 Å². The van der Waals surface area contributed by atoms with Crippen LogP contribution in [-0.2, 0) is 30.7 Å². The molecule has 0 saturated carbocycles. The summed E-state index contributed by atoms with van der Waals surface area (Å²) >= 11 is 6.69. The fraction of sp³-hybridized carbons (Fsp3) is 0.312. The lowest BCUT2D eigenvalue weighted by atomic mass is 9.86. The van der Waals surface area contributed by atoms with E-state index in [1.165, 1.54) is 12.1 Å². The van der Waals surface area contributed by atoms with Crippen LogP contribution in [0.2, 0.25) is 5.02 Å². The van der Waals surface area contributed by atoms with Crippen molar-refractivity contribution in [3.63, 3.8) is 0 Å². The first-order valence-electron chi connectivity index (χ1n) is 13.9. The van der Waals surface area contributed by atoms with Gasteiger partial charge in [0, 0.05) is 29.9 Å². The van der Waals surface area contributed by atoms with Crippen molar-refractivity contribution >= 4 is 38.9 Å². The number of piperidine rings is 1. The topological polar surface area (TPSA) is 119 Å². The maximum atomic E-state index is 13.9. The largest absolute Gasteiger partial charge is 0.448 e. The van der Waals surface area contributed by atoms with E-state index in [1.54, 1.807) is 49.4 Å². The second kappa shape index (κ2) is 11.7. The number of hydrogen-bond acceptors (Lipinski definition) is 7. The summed E-state index contributed by atoms with van der Waals surface area (Å²) in [5, 5.41) is 3.15. The molecule has 3 aromatic rings. The molecule has 0 bridgehead atoms. The number of nitrogens with zero attached hydrogens (tertiary/aromatic N) is 1. The van der Waals surface area contributed by atoms with Crippen LogP contribution in [0.5, 0.6) is 0 Å². The number of sulfone groups is 1. The number of halogens is 2. The molecule has 226 valence electrons. The van der Waals surface area contributed by atoms with Crippen molar-refractivity contribution in [2.75, 3.05) is 25.9 Å². The number of rotatable bonds is 7. The lowest BCUT2D eigenvalue weighted by Gasteiger charge is -2.39. The first-order valence-corrected chi connectivity index (χ1v) is 16.1. The summed E-state index contributed by atoms with van der Waals surface area (Å²) in [4.78, 5) is 28.1. The molecular formula is C32H33ClFN3O5S. The van der Waals surface area contributed by atoms with Crippen LogP contribution >= 0.6 is 11.6 Å². The minimum atomic E-state index is -3.41. The zero-order valence-corrected chi connectivity index (χ0v) is 25.7. The molecular weight excluding hydrogens is 593 g/mol. The number of ether oxygens (including phenoxy) is 1. The summed E-state index contributed by atoms with van der Waals surface area (Å²) in [7, 11) is -3.41. The van der Waals surface area contributed by atoms with E-state index in [2.05, 4.69) is 5.32 Å². The van der Waals surface area contributed by atoms with Crippen LogP contribution in [0, 0.1) is 19.7 Å². The minimum Gasteiger partial charge on any atom is -0.448 e. The quantitative estimate of drug-likeness (QED) is 0.370. The SMILES string of the molecule is Cc1ccc(CNC(=O)CN2CCCC3(C2)OC(=O)C(c2cc(Cl)c(-c4cccc(S(C)(=O)=O)c4)cc2C)=C3N)cc1F. The molecule has 3 aromatic carbocycles. The molecule has 1 spiro atoms. The van der Waals surface area contributed by atoms with Gasteiger partial charge in [-0.05, 0) is 91.4 Å². The number of likely N-dealkylation sites (tertiary alicyclic amines) is 1. The van der Waals surface area contributed by atoms with Gasteiger partial charge in [0.2, 0.25) is 5.91 Å². The molecule has 2 heterocycles. The molecule has 1 atom stereocenters. The van der Waals surface area contributed by atoms with Crippen LogP contribution < -0.4 is 11.1 Å². The second-order valence-electron chi connectivity index (χ2n) is 11.3. The van der Waals surface area contributed by atoms with Gasteiger partial charge in [-0.2, -0.15) is 0 Å². The Morgan fingerprint density at radius 1 is 1.12 bits per heavy atom. The smallest absolute Gasteiger partial charge is 0.341 e. The fourth-order valence-corrected chi connectivity index (χ4v) is 6.63. The van der Waals surface area contributed by atoms with Gasteiger partial charge in [0.25, 0.3) is 0 Å². The van der Waals surface area contributed by atoms with Gasteiger partial charge in [-0.3, -0.25) is 9.69 Å². The van der Waals surface area contributed by atoms with Gasteiger partial charge in [-0.15, -0.1) is 0 Å². The van der Waals surface area contributed by atoms with E-state index in [9.17, 15) is 22.4 Å². The van der Waals surface area contributed by atoms with Crippen LogP contribution in [0.25, 0.3) is 16.7 Å². The van der Waals surface area contributed by atoms with Crippen LogP contribution in [0.3, 0.4) is 0 Å². The number of carbonyl (C=O) groups excluding carboxylic acids is 2. The molecule has 43 heavy (non-hydrogen) atoms. The molecule has 5 rings (SSSR count). The van der Waals surface area contributed by atoms with Crippen molar-refractivity contribution in [1.82, 2.24) is 10.2 Å². The molecule has 0 aliphatic carbocycles. The van der Waals surface area contributed by atoms with Crippen molar-refractivity contribution in [1.29, 1.82) is 0 Å². The van der Waals surface area contributed by atoms with E-state index in [1.807, 2.05) is 11.8 Å². The third kappa shape index (κ3) is 6.32. The van der Waals surface area contributed by atoms with Crippen LogP contribution in [-0.4, -0.2) is 56.7 Å². The Morgan fingerprint density at radius 2 is 1.88 bits per heavy atom. The predicted octanol–water partition coefficient (Wildman–Crippen LogP) is 4.54. The van der Waals surface area contributed by atoms with Gasteiger partial charge in [-0.25, -0.2) is 17.6 Å². The average molecular weight is 626 g/mol. The number of esters is 1. The zero-order valence-electron chi connectivity index (χ0n) is 24.2. The first kappa shape index (κ1) is 30.7. The Balaban J connectivity index is 1.35. The molecule has 2 aliphatic rings. The predicted molar refractivity (Wildman–Crippen MR) is 163 cm³/mol. The van der Waals surface area contributed by atoms with E-state index < -0.39 is 21.4 Å². The number of nitrogens with two attached hydrogens (primary N) is 1. The van der Waals surface area contributed by atoms with Crippen LogP contribution in [0.15, 0.2) is 65.2 Å². The standard InChI is InChI=1S/C32H33ClFN3O5S/c1-19-8-9-21(13-27(19)34)16-36-28(38)17-37-11-5-10-32(18-37)30(35)29(31(39)42-32)24-15-26(33)25(12-20(24)2)22-6-4-7-23(14-22)43(3,40)41/h4,6-9,12-15H,5,10-11,16-18,35H2,1-3H3,(H,36,38). The van der Waals surface area contributed by atoms with Crippen molar-refractivity contribution < 1.29 is 27.1 Å². The Morgan fingerprint density at radius 3 is 2.60 bits per heavy atom. The highest BCUT2D eigenvalue weighted by molar-refractivity contribution is 7.90. The molecule has 1 fully saturated rings. The zero-order chi connectivity index (χ0) is 31.1. The maximum absolute atomic E-state index is 13.9. The summed E-state index contributed by atoms with van der Waals surface area (Å²) in [6, 6.07) is 14.8. The van der Waals surface area contributed by atoms with Crippen molar-refractivity contribution in [2.45, 2.75) is 43.7 Å². The number of nitrogens with one attached hydrogen (secondary N) is 1. The Kier molecular flexibility index (Phi) is 8.39. The molecule has 3 N–H and O–H groups in total. The number of benzene rings is 3. The molecule has 1 saturated heterocycles. The number of aryl methyl sites for hydroxylation is 2. The number of carbonyl (C=O) groups is 2. The molecule has 11 heteroatoms. The molecule has 0 aromatic heterocycles. The fourth-order valence-electron chi connectivity index (χ4n) is 5.69. The Bertz CT molecular complexity index is 1770. The highest BCUT2D eigenvalue weighted by Crippen LogP contribution is 2.43. The Hall–Kier alpha value is -3.73. The van der Waals surface area contributed by atoms with Gasteiger partial charge in [0.1, 0.15) is 5.82 Å². The highest BCUT2D eigenvalue weighted by atomic mass is 35.5. The normalized spacial score (nSPS) is 19.1. The Labute approximate surface area is 255 Å². The summed E-state index contributed by atoms with van der Waals surface area (Å²) in [6.45, 7) is 4.65. The molecule has 1 unspecified atom stereocenters. The van der Waals surface area contributed by atoms with Gasteiger partial charge >= 0.3 is 5.97 Å². The monoisotopic (exact) mass is 625 g/mol. The van der Waals surface area contributed by atoms with E-state index in [0.717, 1.165) is 11.8 Å². The summed E-state index contributed by atoms with van der Waals surface area (Å²) in [5.41, 5.74) is 9.83. The minimum absolute atomic E-state index is 0.0718. The van der Waals surface area contributed by atoms with Crippen molar-refractivity contribution in [3.05, 3.63) is 93.4 Å². The summed E-state index contributed by atoms with van der Waals surface area (Å²) in [6.07, 6.45) is 2.32. The lowest BCUT2D eigenvalue weighted by molar-refractivity contribution is -0.149. The van der Waals surface area contributed by atoms with E-state index >= 15 is 0 Å². The highest BCUT2D eigenvalue weighted by Gasteiger charge is 2.49.